The van der Waals surface area contributed by atoms with E-state index in [1.54, 1.807) is 10.9 Å². The van der Waals surface area contributed by atoms with E-state index in [1.807, 2.05) is 47.8 Å². The van der Waals surface area contributed by atoms with Crippen molar-refractivity contribution in [3.63, 3.8) is 0 Å². The quantitative estimate of drug-likeness (QED) is 0.515. The summed E-state index contributed by atoms with van der Waals surface area (Å²) >= 11 is 1.48. The normalized spacial score (nSPS) is 11.3. The molecule has 130 valence electrons. The van der Waals surface area contributed by atoms with Gasteiger partial charge >= 0.3 is 0 Å². The van der Waals surface area contributed by atoms with E-state index >= 15 is 0 Å². The molecule has 4 rings (SSSR count). The van der Waals surface area contributed by atoms with Crippen molar-refractivity contribution >= 4 is 21.6 Å². The third-order valence-electron chi connectivity index (χ3n) is 4.27. The molecular formula is C21H18N2O2S. The molecule has 0 unspecified atom stereocenters. The van der Waals surface area contributed by atoms with Crippen LogP contribution in [-0.2, 0) is 11.3 Å². The van der Waals surface area contributed by atoms with Gasteiger partial charge in [-0.1, -0.05) is 60.7 Å². The van der Waals surface area contributed by atoms with Crippen LogP contribution < -0.4 is 5.56 Å². The maximum atomic E-state index is 12.5. The van der Waals surface area contributed by atoms with Gasteiger partial charge in [0, 0.05) is 0 Å². The number of fused-ring (bicyclic) bond motifs is 1. The lowest BCUT2D eigenvalue weighted by Crippen LogP contribution is -2.23. The minimum absolute atomic E-state index is 0.0178. The van der Waals surface area contributed by atoms with E-state index in [1.165, 1.54) is 11.3 Å². The first kappa shape index (κ1) is 16.7. The van der Waals surface area contributed by atoms with E-state index in [-0.39, 0.29) is 11.7 Å². The summed E-state index contributed by atoms with van der Waals surface area (Å²) in [7, 11) is 0. The molecule has 0 aliphatic carbocycles. The summed E-state index contributed by atoms with van der Waals surface area (Å²) in [6.45, 7) is 0.888. The number of ether oxygens (including phenoxy) is 1. The molecule has 0 aliphatic heterocycles. The Hall–Kier alpha value is -2.76. The van der Waals surface area contributed by atoms with Crippen LogP contribution in [0.3, 0.4) is 0 Å². The lowest BCUT2D eigenvalue weighted by Gasteiger charge is -2.19. The van der Waals surface area contributed by atoms with Crippen LogP contribution in [0.2, 0.25) is 0 Å². The Balaban J connectivity index is 1.53. The van der Waals surface area contributed by atoms with E-state index < -0.39 is 0 Å². The average Bonchev–Trinajstić information content (AvgIpc) is 3.18. The van der Waals surface area contributed by atoms with Gasteiger partial charge in [0.1, 0.15) is 10.9 Å². The molecule has 0 N–H and O–H groups in total. The van der Waals surface area contributed by atoms with Crippen LogP contribution in [0.15, 0.2) is 83.2 Å². The van der Waals surface area contributed by atoms with Crippen LogP contribution in [0, 0.1) is 0 Å². The Morgan fingerprint density at radius 2 is 1.62 bits per heavy atom. The Morgan fingerprint density at radius 3 is 2.27 bits per heavy atom. The number of benzene rings is 2. The molecule has 0 fully saturated rings. The second-order valence-electron chi connectivity index (χ2n) is 5.95. The number of hydrogen-bond donors (Lipinski definition) is 0. The fourth-order valence-corrected chi connectivity index (χ4v) is 3.69. The first-order valence-electron chi connectivity index (χ1n) is 8.47. The Kier molecular flexibility index (Phi) is 4.91. The van der Waals surface area contributed by atoms with Crippen LogP contribution >= 0.6 is 11.3 Å². The molecule has 5 heteroatoms. The summed E-state index contributed by atoms with van der Waals surface area (Å²) < 4.78 is 7.80. The number of thiophene rings is 1. The third-order valence-corrected chi connectivity index (χ3v) is 5.09. The molecule has 0 atom stereocenters. The van der Waals surface area contributed by atoms with Crippen molar-refractivity contribution in [2.24, 2.45) is 0 Å². The summed E-state index contributed by atoms with van der Waals surface area (Å²) in [6.07, 6.45) is 1.44. The SMILES string of the molecule is O=c1c2ccsc2ncn1CCOC(c1ccccc1)c1ccccc1. The van der Waals surface area contributed by atoms with Gasteiger partial charge in [-0.15, -0.1) is 11.3 Å². The second kappa shape index (κ2) is 7.64. The van der Waals surface area contributed by atoms with Crippen LogP contribution in [-0.4, -0.2) is 16.2 Å². The zero-order chi connectivity index (χ0) is 17.8. The zero-order valence-electron chi connectivity index (χ0n) is 14.1. The van der Waals surface area contributed by atoms with Gasteiger partial charge in [-0.25, -0.2) is 4.98 Å². The highest BCUT2D eigenvalue weighted by Gasteiger charge is 2.14. The molecule has 0 saturated carbocycles. The maximum absolute atomic E-state index is 12.5. The van der Waals surface area contributed by atoms with E-state index in [0.717, 1.165) is 16.0 Å². The topological polar surface area (TPSA) is 44.1 Å². The fraction of sp³-hybridized carbons (Fsp3) is 0.143. The Morgan fingerprint density at radius 1 is 0.962 bits per heavy atom. The largest absolute Gasteiger partial charge is 0.367 e. The van der Waals surface area contributed by atoms with E-state index in [0.29, 0.717) is 18.5 Å². The van der Waals surface area contributed by atoms with E-state index in [2.05, 4.69) is 29.2 Å². The van der Waals surface area contributed by atoms with Crippen LogP contribution in [0.5, 0.6) is 0 Å². The van der Waals surface area contributed by atoms with Gasteiger partial charge in [0.2, 0.25) is 0 Å². The number of aromatic nitrogens is 2. The smallest absolute Gasteiger partial charge is 0.262 e. The highest BCUT2D eigenvalue weighted by atomic mass is 32.1. The van der Waals surface area contributed by atoms with Gasteiger partial charge in [-0.3, -0.25) is 9.36 Å². The van der Waals surface area contributed by atoms with Gasteiger partial charge in [-0.2, -0.15) is 0 Å². The minimum Gasteiger partial charge on any atom is -0.367 e. The fourth-order valence-electron chi connectivity index (χ4n) is 2.96. The van der Waals surface area contributed by atoms with E-state index in [4.69, 9.17) is 4.74 Å². The minimum atomic E-state index is -0.161. The van der Waals surface area contributed by atoms with Gasteiger partial charge in [0.25, 0.3) is 5.56 Å². The van der Waals surface area contributed by atoms with Gasteiger partial charge in [0.15, 0.2) is 0 Å². The predicted octanol–water partition coefficient (Wildman–Crippen LogP) is 4.26. The van der Waals surface area contributed by atoms with Crippen LogP contribution in [0.4, 0.5) is 0 Å². The molecule has 4 aromatic rings. The standard InChI is InChI=1S/C21H18N2O2S/c24-21-18-11-14-26-20(18)22-15-23(21)12-13-25-19(16-7-3-1-4-8-16)17-9-5-2-6-10-17/h1-11,14-15,19H,12-13H2. The molecule has 0 amide bonds. The number of hydrogen-bond acceptors (Lipinski definition) is 4. The summed E-state index contributed by atoms with van der Waals surface area (Å²) in [5, 5.41) is 2.56. The van der Waals surface area contributed by atoms with Crippen molar-refractivity contribution in [1.29, 1.82) is 0 Å². The summed E-state index contributed by atoms with van der Waals surface area (Å²) in [5.74, 6) is 0. The molecule has 0 radical (unpaired) electrons. The molecule has 2 aromatic carbocycles. The second-order valence-corrected chi connectivity index (χ2v) is 6.85. The molecule has 0 saturated heterocycles. The first-order chi connectivity index (χ1) is 12.8. The molecule has 0 aliphatic rings. The van der Waals surface area contributed by atoms with Crippen molar-refractivity contribution < 1.29 is 4.74 Å². The maximum Gasteiger partial charge on any atom is 0.262 e. The zero-order valence-corrected chi connectivity index (χ0v) is 14.9. The molecule has 26 heavy (non-hydrogen) atoms. The summed E-state index contributed by atoms with van der Waals surface area (Å²) in [4.78, 5) is 17.6. The predicted molar refractivity (Wildman–Crippen MR) is 105 cm³/mol. The molecule has 2 heterocycles. The molecule has 0 spiro atoms. The van der Waals surface area contributed by atoms with Crippen molar-refractivity contribution in [3.8, 4) is 0 Å². The van der Waals surface area contributed by atoms with Crippen molar-refractivity contribution in [1.82, 2.24) is 9.55 Å². The van der Waals surface area contributed by atoms with Crippen molar-refractivity contribution in [2.75, 3.05) is 6.61 Å². The summed E-state index contributed by atoms with van der Waals surface area (Å²) in [5.41, 5.74) is 2.17. The van der Waals surface area contributed by atoms with Crippen LogP contribution in [0.1, 0.15) is 17.2 Å². The van der Waals surface area contributed by atoms with Crippen molar-refractivity contribution in [2.45, 2.75) is 12.6 Å². The lowest BCUT2D eigenvalue weighted by atomic mass is 10.0. The Bertz CT molecular complexity index is 1000. The van der Waals surface area contributed by atoms with Gasteiger partial charge < -0.3 is 4.74 Å². The number of rotatable bonds is 6. The lowest BCUT2D eigenvalue weighted by molar-refractivity contribution is 0.0732. The van der Waals surface area contributed by atoms with Gasteiger partial charge in [0.05, 0.1) is 24.9 Å². The first-order valence-corrected chi connectivity index (χ1v) is 9.35. The van der Waals surface area contributed by atoms with Crippen LogP contribution in [0.25, 0.3) is 10.2 Å². The molecular weight excluding hydrogens is 344 g/mol. The monoisotopic (exact) mass is 362 g/mol. The highest BCUT2D eigenvalue weighted by Crippen LogP contribution is 2.25. The van der Waals surface area contributed by atoms with E-state index in [9.17, 15) is 4.79 Å². The Labute approximate surface area is 155 Å². The summed E-state index contributed by atoms with van der Waals surface area (Å²) in [6, 6.07) is 22.1. The third kappa shape index (κ3) is 3.45. The van der Waals surface area contributed by atoms with Gasteiger partial charge in [-0.05, 0) is 22.6 Å². The molecule has 4 nitrogen and oxygen atoms in total. The average molecular weight is 362 g/mol. The molecule has 2 aromatic heterocycles. The molecule has 0 bridgehead atoms. The number of nitrogens with zero attached hydrogens (tertiary/aromatic N) is 2. The van der Waals surface area contributed by atoms with Crippen molar-refractivity contribution in [3.05, 3.63) is 99.9 Å². The highest BCUT2D eigenvalue weighted by molar-refractivity contribution is 7.16.